The van der Waals surface area contributed by atoms with Gasteiger partial charge in [-0.15, -0.1) is 0 Å². The number of hydrogen-bond donors (Lipinski definition) is 3. The zero-order valence-electron chi connectivity index (χ0n) is 22.1. The average molecular weight is 525 g/mol. The maximum Gasteiger partial charge on any atom is 0.306 e. The Bertz CT molecular complexity index is 1120. The number of carboxylic acid groups (broad SMARTS) is 1. The standard InChI is InChI=1S/C29H36N2O7/c1-20(2)13-23(28(35)30-17-22-9-11-24(36-3)12-10-22)14-26(32)31-29(16-27(33)34,25-18-37-19-38-25)15-21-7-5-4-6-8-21/h4-12,18,20,23H,13-17,19H2,1-3H3,(H,30,35)(H,31,32)(H,33,34). The van der Waals surface area contributed by atoms with Gasteiger partial charge in [-0.05, 0) is 35.6 Å². The third-order valence-electron chi connectivity index (χ3n) is 6.31. The maximum atomic E-state index is 13.4. The number of methoxy groups -OCH3 is 1. The number of hydrogen-bond acceptors (Lipinski definition) is 6. The van der Waals surface area contributed by atoms with E-state index in [4.69, 9.17) is 14.2 Å². The van der Waals surface area contributed by atoms with E-state index in [9.17, 15) is 19.5 Å². The van der Waals surface area contributed by atoms with E-state index < -0.39 is 29.8 Å². The highest BCUT2D eigenvalue weighted by atomic mass is 16.7. The van der Waals surface area contributed by atoms with Crippen molar-refractivity contribution in [3.8, 4) is 5.75 Å². The molecule has 0 fully saturated rings. The Morgan fingerprint density at radius 1 is 1.05 bits per heavy atom. The van der Waals surface area contributed by atoms with E-state index in [2.05, 4.69) is 10.6 Å². The number of benzene rings is 2. The fourth-order valence-corrected chi connectivity index (χ4v) is 4.55. The fourth-order valence-electron chi connectivity index (χ4n) is 4.55. The molecule has 0 aliphatic carbocycles. The molecule has 0 bridgehead atoms. The summed E-state index contributed by atoms with van der Waals surface area (Å²) in [6.45, 7) is 4.22. The number of rotatable bonds is 14. The van der Waals surface area contributed by atoms with E-state index >= 15 is 0 Å². The monoisotopic (exact) mass is 524 g/mol. The molecule has 1 aliphatic heterocycles. The van der Waals surface area contributed by atoms with E-state index in [1.807, 2.05) is 68.4 Å². The molecule has 1 aliphatic rings. The van der Waals surface area contributed by atoms with Gasteiger partial charge >= 0.3 is 5.97 Å². The predicted octanol–water partition coefficient (Wildman–Crippen LogP) is 3.78. The van der Waals surface area contributed by atoms with E-state index in [1.54, 1.807) is 7.11 Å². The lowest BCUT2D eigenvalue weighted by Crippen LogP contribution is -2.54. The van der Waals surface area contributed by atoms with Crippen LogP contribution >= 0.6 is 0 Å². The molecule has 2 aromatic rings. The number of amides is 2. The largest absolute Gasteiger partial charge is 0.497 e. The minimum absolute atomic E-state index is 0.0644. The highest BCUT2D eigenvalue weighted by Gasteiger charge is 2.42. The van der Waals surface area contributed by atoms with Crippen LogP contribution in [0.2, 0.25) is 0 Å². The zero-order valence-corrected chi connectivity index (χ0v) is 22.1. The van der Waals surface area contributed by atoms with Gasteiger partial charge in [0.1, 0.15) is 17.6 Å². The average Bonchev–Trinajstić information content (AvgIpc) is 3.43. The number of nitrogens with one attached hydrogen (secondary N) is 2. The highest BCUT2D eigenvalue weighted by molar-refractivity contribution is 5.86. The van der Waals surface area contributed by atoms with E-state index in [-0.39, 0.29) is 37.2 Å². The Labute approximate surface area is 223 Å². The Morgan fingerprint density at radius 2 is 1.76 bits per heavy atom. The van der Waals surface area contributed by atoms with Gasteiger partial charge in [0.05, 0.1) is 13.5 Å². The van der Waals surface area contributed by atoms with Gasteiger partial charge in [0, 0.05) is 25.3 Å². The predicted molar refractivity (Wildman–Crippen MR) is 141 cm³/mol. The second-order valence-corrected chi connectivity index (χ2v) is 9.87. The maximum absolute atomic E-state index is 13.4. The van der Waals surface area contributed by atoms with Crippen molar-refractivity contribution in [1.29, 1.82) is 0 Å². The van der Waals surface area contributed by atoms with Gasteiger partial charge in [0.25, 0.3) is 0 Å². The third kappa shape index (κ3) is 8.26. The van der Waals surface area contributed by atoms with Crippen molar-refractivity contribution >= 4 is 17.8 Å². The number of carbonyl (C=O) groups is 3. The summed E-state index contributed by atoms with van der Waals surface area (Å²) in [5.74, 6) is -1.25. The number of carbonyl (C=O) groups excluding carboxylic acids is 2. The number of carboxylic acids is 1. The molecule has 0 saturated carbocycles. The Hall–Kier alpha value is -4.01. The second-order valence-electron chi connectivity index (χ2n) is 9.87. The summed E-state index contributed by atoms with van der Waals surface area (Å²) < 4.78 is 16.0. The van der Waals surface area contributed by atoms with Gasteiger partial charge < -0.3 is 30.0 Å². The first-order valence-electron chi connectivity index (χ1n) is 12.6. The zero-order chi connectivity index (χ0) is 27.5. The van der Waals surface area contributed by atoms with Crippen LogP contribution in [-0.4, -0.2) is 42.3 Å². The van der Waals surface area contributed by atoms with Gasteiger partial charge in [0.2, 0.25) is 18.6 Å². The lowest BCUT2D eigenvalue weighted by Gasteiger charge is -2.34. The Kier molecular flexibility index (Phi) is 10.2. The van der Waals surface area contributed by atoms with Crippen molar-refractivity contribution in [2.75, 3.05) is 13.9 Å². The number of aliphatic carboxylic acids is 1. The normalized spacial score (nSPS) is 14.9. The van der Waals surface area contributed by atoms with E-state index in [0.717, 1.165) is 16.9 Å². The molecule has 9 nitrogen and oxygen atoms in total. The minimum Gasteiger partial charge on any atom is -0.497 e. The van der Waals surface area contributed by atoms with Gasteiger partial charge in [-0.2, -0.15) is 0 Å². The van der Waals surface area contributed by atoms with Crippen molar-refractivity contribution in [2.24, 2.45) is 11.8 Å². The van der Waals surface area contributed by atoms with E-state index in [0.29, 0.717) is 13.0 Å². The van der Waals surface area contributed by atoms with Crippen LogP contribution in [0.4, 0.5) is 0 Å². The van der Waals surface area contributed by atoms with Crippen LogP contribution in [-0.2, 0) is 36.8 Å². The summed E-state index contributed by atoms with van der Waals surface area (Å²) in [5, 5.41) is 15.6. The van der Waals surface area contributed by atoms with E-state index in [1.165, 1.54) is 6.26 Å². The van der Waals surface area contributed by atoms with Crippen LogP contribution < -0.4 is 15.4 Å². The van der Waals surface area contributed by atoms with Crippen LogP contribution in [0.15, 0.2) is 66.6 Å². The molecule has 3 N–H and O–H groups in total. The van der Waals surface area contributed by atoms with Crippen molar-refractivity contribution < 1.29 is 33.7 Å². The molecule has 3 rings (SSSR count). The van der Waals surface area contributed by atoms with Gasteiger partial charge in [-0.3, -0.25) is 14.4 Å². The molecule has 2 atom stereocenters. The Balaban J connectivity index is 1.76. The van der Waals surface area contributed by atoms with Gasteiger partial charge in [-0.25, -0.2) is 0 Å². The summed E-state index contributed by atoms with van der Waals surface area (Å²) in [5.41, 5.74) is 0.352. The molecule has 204 valence electrons. The Morgan fingerprint density at radius 3 is 2.34 bits per heavy atom. The summed E-state index contributed by atoms with van der Waals surface area (Å²) in [7, 11) is 1.59. The molecule has 9 heteroatoms. The lowest BCUT2D eigenvalue weighted by molar-refractivity contribution is -0.139. The minimum atomic E-state index is -1.37. The first kappa shape index (κ1) is 28.6. The van der Waals surface area contributed by atoms with Crippen LogP contribution in [0.1, 0.15) is 44.2 Å². The van der Waals surface area contributed by atoms with Gasteiger partial charge in [0.15, 0.2) is 5.76 Å². The third-order valence-corrected chi connectivity index (χ3v) is 6.31. The molecule has 2 amide bonds. The van der Waals surface area contributed by atoms with Crippen molar-refractivity contribution in [3.05, 3.63) is 77.7 Å². The topological polar surface area (TPSA) is 123 Å². The van der Waals surface area contributed by atoms with Crippen LogP contribution in [0.25, 0.3) is 0 Å². The molecular weight excluding hydrogens is 488 g/mol. The molecule has 0 saturated heterocycles. The quantitative estimate of drug-likeness (QED) is 0.344. The smallest absolute Gasteiger partial charge is 0.306 e. The fraction of sp³-hybridized carbons (Fsp3) is 0.414. The molecule has 0 radical (unpaired) electrons. The molecule has 0 aromatic heterocycles. The second kappa shape index (κ2) is 13.5. The lowest BCUT2D eigenvalue weighted by atomic mass is 9.84. The summed E-state index contributed by atoms with van der Waals surface area (Å²) in [6.07, 6.45) is 1.51. The summed E-state index contributed by atoms with van der Waals surface area (Å²) in [4.78, 5) is 38.5. The van der Waals surface area contributed by atoms with Gasteiger partial charge in [-0.1, -0.05) is 56.3 Å². The van der Waals surface area contributed by atoms with Crippen molar-refractivity contribution in [2.45, 2.75) is 51.6 Å². The van der Waals surface area contributed by atoms with Crippen LogP contribution in [0.3, 0.4) is 0 Å². The summed E-state index contributed by atoms with van der Waals surface area (Å²) >= 11 is 0. The first-order valence-corrected chi connectivity index (χ1v) is 12.6. The molecule has 2 aromatic carbocycles. The molecule has 2 unspecified atom stereocenters. The van der Waals surface area contributed by atoms with Crippen LogP contribution in [0.5, 0.6) is 5.75 Å². The van der Waals surface area contributed by atoms with Crippen molar-refractivity contribution in [1.82, 2.24) is 10.6 Å². The molecule has 0 spiro atoms. The van der Waals surface area contributed by atoms with Crippen LogP contribution in [0, 0.1) is 11.8 Å². The highest BCUT2D eigenvalue weighted by Crippen LogP contribution is 2.31. The molecule has 1 heterocycles. The molecular formula is C29H36N2O7. The summed E-state index contributed by atoms with van der Waals surface area (Å²) in [6, 6.07) is 16.6. The van der Waals surface area contributed by atoms with Crippen molar-refractivity contribution in [3.63, 3.8) is 0 Å². The first-order chi connectivity index (χ1) is 18.2. The number of ether oxygens (including phenoxy) is 3. The SMILES string of the molecule is COc1ccc(CNC(=O)C(CC(=O)NC(CC(=O)O)(Cc2ccccc2)C2=COCO2)CC(C)C)cc1. The molecule has 38 heavy (non-hydrogen) atoms.